The number of fused-ring (bicyclic) bond motifs is 1. The van der Waals surface area contributed by atoms with Crippen molar-refractivity contribution in [3.05, 3.63) is 44.8 Å². The molecule has 0 aliphatic heterocycles. The van der Waals surface area contributed by atoms with Crippen molar-refractivity contribution in [2.24, 2.45) is 0 Å². The van der Waals surface area contributed by atoms with E-state index in [0.29, 0.717) is 27.9 Å². The first kappa shape index (κ1) is 21.7. The molecule has 2 aromatic rings. The number of ether oxygens (including phenoxy) is 2. The van der Waals surface area contributed by atoms with Crippen molar-refractivity contribution in [3.63, 3.8) is 0 Å². The van der Waals surface area contributed by atoms with E-state index in [2.05, 4.69) is 5.32 Å². The quantitative estimate of drug-likeness (QED) is 0.476. The van der Waals surface area contributed by atoms with Crippen LogP contribution in [0.3, 0.4) is 0 Å². The van der Waals surface area contributed by atoms with Gasteiger partial charge in [0, 0.05) is 9.90 Å². The van der Waals surface area contributed by atoms with Gasteiger partial charge in [0.15, 0.2) is 6.10 Å². The van der Waals surface area contributed by atoms with Crippen LogP contribution in [0.1, 0.15) is 59.5 Å². The zero-order chi connectivity index (χ0) is 21.0. The average molecular weight is 436 g/mol. The van der Waals surface area contributed by atoms with Crippen molar-refractivity contribution < 1.29 is 19.1 Å². The SMILES string of the molecule is CCOC(=O)c1c(NC(=O)[C@@H](C)Oc2ccc(Cl)cc2C)sc2c1CCCCC2. The normalized spacial score (nSPS) is 14.5. The Labute approximate surface area is 180 Å². The van der Waals surface area contributed by atoms with Gasteiger partial charge < -0.3 is 14.8 Å². The molecule has 0 bridgehead atoms. The summed E-state index contributed by atoms with van der Waals surface area (Å²) in [5, 5.41) is 4.08. The van der Waals surface area contributed by atoms with Gasteiger partial charge in [-0.15, -0.1) is 11.3 Å². The Morgan fingerprint density at radius 2 is 2.00 bits per heavy atom. The molecule has 3 rings (SSSR count). The molecule has 0 saturated carbocycles. The maximum absolute atomic E-state index is 12.8. The van der Waals surface area contributed by atoms with Crippen molar-refractivity contribution in [3.8, 4) is 5.75 Å². The van der Waals surface area contributed by atoms with E-state index in [4.69, 9.17) is 21.1 Å². The van der Waals surface area contributed by atoms with Gasteiger partial charge in [-0.3, -0.25) is 4.79 Å². The number of hydrogen-bond donors (Lipinski definition) is 1. The van der Waals surface area contributed by atoms with Crippen LogP contribution < -0.4 is 10.1 Å². The highest BCUT2D eigenvalue weighted by Gasteiger charge is 2.28. The third-order valence-electron chi connectivity index (χ3n) is 4.95. The molecule has 0 saturated heterocycles. The van der Waals surface area contributed by atoms with Gasteiger partial charge in [-0.05, 0) is 75.8 Å². The summed E-state index contributed by atoms with van der Waals surface area (Å²) in [5.74, 6) is -0.0738. The molecule has 0 unspecified atom stereocenters. The molecule has 1 aliphatic carbocycles. The molecular weight excluding hydrogens is 410 g/mol. The van der Waals surface area contributed by atoms with Crippen molar-refractivity contribution in [2.45, 2.75) is 59.0 Å². The van der Waals surface area contributed by atoms with Gasteiger partial charge in [0.25, 0.3) is 5.91 Å². The zero-order valence-electron chi connectivity index (χ0n) is 17.0. The van der Waals surface area contributed by atoms with Crippen LogP contribution in [0.25, 0.3) is 0 Å². The predicted octanol–water partition coefficient (Wildman–Crippen LogP) is 5.56. The number of hydrogen-bond acceptors (Lipinski definition) is 5. The molecular formula is C22H26ClNO4S. The van der Waals surface area contributed by atoms with Crippen LogP contribution in [-0.4, -0.2) is 24.6 Å². The molecule has 5 nitrogen and oxygen atoms in total. The van der Waals surface area contributed by atoms with Crippen LogP contribution in [0.2, 0.25) is 5.02 Å². The Morgan fingerprint density at radius 1 is 1.24 bits per heavy atom. The van der Waals surface area contributed by atoms with Crippen molar-refractivity contribution in [1.82, 2.24) is 0 Å². The minimum Gasteiger partial charge on any atom is -0.481 e. The molecule has 1 heterocycles. The van der Waals surface area contributed by atoms with Crippen LogP contribution >= 0.6 is 22.9 Å². The van der Waals surface area contributed by atoms with E-state index < -0.39 is 6.10 Å². The highest BCUT2D eigenvalue weighted by molar-refractivity contribution is 7.17. The van der Waals surface area contributed by atoms with Crippen LogP contribution in [-0.2, 0) is 22.4 Å². The van der Waals surface area contributed by atoms with Crippen LogP contribution in [0, 0.1) is 6.92 Å². The predicted molar refractivity (Wildman–Crippen MR) is 116 cm³/mol. The number of carbonyl (C=O) groups excluding carboxylic acids is 2. The van der Waals surface area contributed by atoms with Gasteiger partial charge in [-0.1, -0.05) is 18.0 Å². The molecule has 1 atom stereocenters. The van der Waals surface area contributed by atoms with Gasteiger partial charge in [-0.25, -0.2) is 4.79 Å². The van der Waals surface area contributed by atoms with E-state index in [0.717, 1.165) is 43.2 Å². The Balaban J connectivity index is 1.80. The third kappa shape index (κ3) is 5.11. The van der Waals surface area contributed by atoms with E-state index in [1.165, 1.54) is 16.2 Å². The van der Waals surface area contributed by atoms with Crippen LogP contribution in [0.4, 0.5) is 5.00 Å². The number of rotatable bonds is 6. The van der Waals surface area contributed by atoms with Crippen LogP contribution in [0.15, 0.2) is 18.2 Å². The summed E-state index contributed by atoms with van der Waals surface area (Å²) in [6, 6.07) is 5.26. The first-order valence-corrected chi connectivity index (χ1v) is 11.2. The van der Waals surface area contributed by atoms with Gasteiger partial charge in [0.2, 0.25) is 0 Å². The number of nitrogens with one attached hydrogen (secondary N) is 1. The zero-order valence-corrected chi connectivity index (χ0v) is 18.5. The summed E-state index contributed by atoms with van der Waals surface area (Å²) in [5.41, 5.74) is 2.40. The Hall–Kier alpha value is -2.05. The Bertz CT molecular complexity index is 908. The number of benzene rings is 1. The van der Waals surface area contributed by atoms with Gasteiger partial charge in [0.1, 0.15) is 10.8 Å². The largest absolute Gasteiger partial charge is 0.481 e. The second-order valence-corrected chi connectivity index (χ2v) is 8.69. The summed E-state index contributed by atoms with van der Waals surface area (Å²) >= 11 is 7.46. The number of aryl methyl sites for hydroxylation is 2. The maximum Gasteiger partial charge on any atom is 0.341 e. The van der Waals surface area contributed by atoms with E-state index in [9.17, 15) is 9.59 Å². The Morgan fingerprint density at radius 3 is 2.72 bits per heavy atom. The lowest BCUT2D eigenvalue weighted by molar-refractivity contribution is -0.122. The first-order valence-electron chi connectivity index (χ1n) is 9.96. The fourth-order valence-corrected chi connectivity index (χ4v) is 4.96. The number of halogens is 1. The minimum absolute atomic E-state index is 0.298. The summed E-state index contributed by atoms with van der Waals surface area (Å²) < 4.78 is 11.1. The Kier molecular flexibility index (Phi) is 7.19. The summed E-state index contributed by atoms with van der Waals surface area (Å²) in [6.07, 6.45) is 4.32. The third-order valence-corrected chi connectivity index (χ3v) is 6.39. The lowest BCUT2D eigenvalue weighted by Crippen LogP contribution is -2.30. The first-order chi connectivity index (χ1) is 13.9. The summed E-state index contributed by atoms with van der Waals surface area (Å²) in [7, 11) is 0. The average Bonchev–Trinajstić information content (AvgIpc) is 2.84. The highest BCUT2D eigenvalue weighted by Crippen LogP contribution is 2.38. The summed E-state index contributed by atoms with van der Waals surface area (Å²) in [4.78, 5) is 26.6. The lowest BCUT2D eigenvalue weighted by atomic mass is 10.1. The van der Waals surface area contributed by atoms with Gasteiger partial charge >= 0.3 is 5.97 Å². The molecule has 1 N–H and O–H groups in total. The molecule has 0 fully saturated rings. The fourth-order valence-electron chi connectivity index (χ4n) is 3.45. The van der Waals surface area contributed by atoms with Crippen molar-refractivity contribution >= 4 is 39.8 Å². The second-order valence-electron chi connectivity index (χ2n) is 7.15. The molecule has 1 aromatic carbocycles. The number of thiophene rings is 1. The molecule has 7 heteroatoms. The highest BCUT2D eigenvalue weighted by atomic mass is 35.5. The lowest BCUT2D eigenvalue weighted by Gasteiger charge is -2.16. The number of esters is 1. The number of carbonyl (C=O) groups is 2. The monoisotopic (exact) mass is 435 g/mol. The molecule has 29 heavy (non-hydrogen) atoms. The number of amides is 1. The van der Waals surface area contributed by atoms with Gasteiger partial charge in [-0.2, -0.15) is 0 Å². The van der Waals surface area contributed by atoms with E-state index in [1.54, 1.807) is 32.0 Å². The maximum atomic E-state index is 12.8. The van der Waals surface area contributed by atoms with Crippen LogP contribution in [0.5, 0.6) is 5.75 Å². The van der Waals surface area contributed by atoms with Gasteiger partial charge in [0.05, 0.1) is 12.2 Å². The topological polar surface area (TPSA) is 64.6 Å². The fraction of sp³-hybridized carbons (Fsp3) is 0.455. The molecule has 0 radical (unpaired) electrons. The van der Waals surface area contributed by atoms with E-state index in [1.807, 2.05) is 6.92 Å². The molecule has 1 aromatic heterocycles. The molecule has 156 valence electrons. The number of anilines is 1. The van der Waals surface area contributed by atoms with Crippen molar-refractivity contribution in [2.75, 3.05) is 11.9 Å². The molecule has 0 spiro atoms. The standard InChI is InChI=1S/C22H26ClNO4S/c1-4-27-22(26)19-16-8-6-5-7-9-18(16)29-21(19)24-20(25)14(3)28-17-11-10-15(23)12-13(17)2/h10-12,14H,4-9H2,1-3H3,(H,24,25)/t14-/m1/s1. The van der Waals surface area contributed by atoms with E-state index >= 15 is 0 Å². The summed E-state index contributed by atoms with van der Waals surface area (Å²) in [6.45, 7) is 5.64. The second kappa shape index (κ2) is 9.63. The van der Waals surface area contributed by atoms with E-state index in [-0.39, 0.29) is 11.9 Å². The van der Waals surface area contributed by atoms with Crippen molar-refractivity contribution in [1.29, 1.82) is 0 Å². The smallest absolute Gasteiger partial charge is 0.341 e. The minimum atomic E-state index is -0.730. The molecule has 1 amide bonds. The molecule has 1 aliphatic rings.